The predicted molar refractivity (Wildman–Crippen MR) is 94.3 cm³/mol. The Morgan fingerprint density at radius 1 is 1.12 bits per heavy atom. The van der Waals surface area contributed by atoms with Crippen LogP contribution in [0, 0.1) is 17.1 Å². The van der Waals surface area contributed by atoms with Crippen molar-refractivity contribution in [1.82, 2.24) is 4.98 Å². The van der Waals surface area contributed by atoms with Crippen LogP contribution in [0.3, 0.4) is 0 Å². The van der Waals surface area contributed by atoms with Crippen molar-refractivity contribution >= 4 is 6.21 Å². The topological polar surface area (TPSA) is 67.5 Å². The highest BCUT2D eigenvalue weighted by Crippen LogP contribution is 2.19. The van der Waals surface area contributed by atoms with Crippen molar-refractivity contribution in [3.05, 3.63) is 89.4 Å². The molecule has 5 nitrogen and oxygen atoms in total. The highest BCUT2D eigenvalue weighted by molar-refractivity contribution is 5.78. The number of nitriles is 1. The lowest BCUT2D eigenvalue weighted by Gasteiger charge is -2.04. The number of halogens is 1. The van der Waals surface area contributed by atoms with Crippen molar-refractivity contribution in [2.45, 2.75) is 6.61 Å². The van der Waals surface area contributed by atoms with Crippen LogP contribution < -0.4 is 4.74 Å². The SMILES string of the molecule is N#Cc1ccc(Oc2ccc(/C=N\OCc3cccc(F)c3)cn2)cc1. The minimum Gasteiger partial charge on any atom is -0.439 e. The summed E-state index contributed by atoms with van der Waals surface area (Å²) in [5, 5.41) is 12.6. The molecule has 0 saturated carbocycles. The molecule has 128 valence electrons. The maximum absolute atomic E-state index is 13.0. The molecule has 0 amide bonds. The van der Waals surface area contributed by atoms with Crippen molar-refractivity contribution in [3.8, 4) is 17.7 Å². The number of hydrogen-bond donors (Lipinski definition) is 0. The molecule has 0 aliphatic rings. The molecule has 3 rings (SSSR count). The summed E-state index contributed by atoms with van der Waals surface area (Å²) in [5.74, 6) is 0.709. The largest absolute Gasteiger partial charge is 0.439 e. The number of oxime groups is 1. The Morgan fingerprint density at radius 2 is 1.96 bits per heavy atom. The van der Waals surface area contributed by atoms with Crippen LogP contribution in [0.5, 0.6) is 11.6 Å². The van der Waals surface area contributed by atoms with Crippen LogP contribution in [0.15, 0.2) is 72.0 Å². The summed E-state index contributed by atoms with van der Waals surface area (Å²) >= 11 is 0. The van der Waals surface area contributed by atoms with Gasteiger partial charge in [-0.15, -0.1) is 0 Å². The first-order chi connectivity index (χ1) is 12.7. The van der Waals surface area contributed by atoms with E-state index in [1.54, 1.807) is 54.7 Å². The molecule has 1 heterocycles. The Labute approximate surface area is 149 Å². The molecular weight excluding hydrogens is 333 g/mol. The van der Waals surface area contributed by atoms with E-state index < -0.39 is 0 Å². The number of pyridine rings is 1. The Balaban J connectivity index is 1.52. The van der Waals surface area contributed by atoms with E-state index in [0.29, 0.717) is 22.8 Å². The van der Waals surface area contributed by atoms with E-state index in [0.717, 1.165) is 5.56 Å². The minimum absolute atomic E-state index is 0.182. The Morgan fingerprint density at radius 3 is 2.65 bits per heavy atom. The molecule has 0 fully saturated rings. The average Bonchev–Trinajstić information content (AvgIpc) is 2.67. The van der Waals surface area contributed by atoms with E-state index in [1.165, 1.54) is 18.3 Å². The van der Waals surface area contributed by atoms with Crippen LogP contribution in [-0.2, 0) is 11.4 Å². The van der Waals surface area contributed by atoms with Gasteiger partial charge in [-0.25, -0.2) is 9.37 Å². The molecule has 1 aromatic heterocycles. The van der Waals surface area contributed by atoms with Gasteiger partial charge < -0.3 is 9.57 Å². The molecular formula is C20H14FN3O2. The first-order valence-electron chi connectivity index (χ1n) is 7.77. The second-order valence-corrected chi connectivity index (χ2v) is 5.31. The first kappa shape index (κ1) is 17.1. The molecule has 0 aliphatic heterocycles. The van der Waals surface area contributed by atoms with Crippen molar-refractivity contribution in [3.63, 3.8) is 0 Å². The lowest BCUT2D eigenvalue weighted by atomic mass is 10.2. The number of hydrogen-bond acceptors (Lipinski definition) is 5. The summed E-state index contributed by atoms with van der Waals surface area (Å²) in [7, 11) is 0. The fourth-order valence-corrected chi connectivity index (χ4v) is 2.08. The van der Waals surface area contributed by atoms with Gasteiger partial charge in [0.05, 0.1) is 17.8 Å². The lowest BCUT2D eigenvalue weighted by Crippen LogP contribution is -1.91. The zero-order valence-electron chi connectivity index (χ0n) is 13.7. The van der Waals surface area contributed by atoms with E-state index in [2.05, 4.69) is 10.1 Å². The Bertz CT molecular complexity index is 933. The summed E-state index contributed by atoms with van der Waals surface area (Å²) in [6.07, 6.45) is 3.10. The predicted octanol–water partition coefficient (Wildman–Crippen LogP) is 4.44. The molecule has 0 unspecified atom stereocenters. The lowest BCUT2D eigenvalue weighted by molar-refractivity contribution is 0.132. The number of benzene rings is 2. The fraction of sp³-hybridized carbons (Fsp3) is 0.0500. The normalized spacial score (nSPS) is 10.5. The molecule has 3 aromatic rings. The van der Waals surface area contributed by atoms with E-state index in [4.69, 9.17) is 14.8 Å². The van der Waals surface area contributed by atoms with Gasteiger partial charge in [0.2, 0.25) is 5.88 Å². The number of nitrogens with zero attached hydrogens (tertiary/aromatic N) is 3. The van der Waals surface area contributed by atoms with E-state index in [9.17, 15) is 4.39 Å². The molecule has 2 aromatic carbocycles. The van der Waals surface area contributed by atoms with Crippen LogP contribution in [0.25, 0.3) is 0 Å². The second kappa shape index (κ2) is 8.40. The van der Waals surface area contributed by atoms with Gasteiger partial charge in [0.15, 0.2) is 0 Å². The highest BCUT2D eigenvalue weighted by atomic mass is 19.1. The Kier molecular flexibility index (Phi) is 5.53. The number of ether oxygens (including phenoxy) is 1. The first-order valence-corrected chi connectivity index (χ1v) is 7.77. The standard InChI is InChI=1S/C20H14FN3O2/c21-18-3-1-2-16(10-18)14-25-24-13-17-6-9-20(23-12-17)26-19-7-4-15(11-22)5-8-19/h1-10,12-13H,14H2/b24-13-. The van der Waals surface area contributed by atoms with Crippen LogP contribution in [0.1, 0.15) is 16.7 Å². The average molecular weight is 347 g/mol. The van der Waals surface area contributed by atoms with Gasteiger partial charge in [0, 0.05) is 17.8 Å². The van der Waals surface area contributed by atoms with Crippen LogP contribution in [0.2, 0.25) is 0 Å². The minimum atomic E-state index is -0.308. The molecule has 0 radical (unpaired) electrons. The van der Waals surface area contributed by atoms with Crippen molar-refractivity contribution in [1.29, 1.82) is 5.26 Å². The third kappa shape index (κ3) is 4.89. The van der Waals surface area contributed by atoms with Gasteiger partial charge in [-0.05, 0) is 48.0 Å². The maximum Gasteiger partial charge on any atom is 0.219 e. The molecule has 6 heteroatoms. The van der Waals surface area contributed by atoms with Crippen molar-refractivity contribution < 1.29 is 14.0 Å². The summed E-state index contributed by atoms with van der Waals surface area (Å²) in [6, 6.07) is 18.4. The zero-order valence-corrected chi connectivity index (χ0v) is 13.7. The molecule has 0 spiro atoms. The van der Waals surface area contributed by atoms with E-state index in [1.807, 2.05) is 6.07 Å². The smallest absolute Gasteiger partial charge is 0.219 e. The quantitative estimate of drug-likeness (QED) is 0.488. The van der Waals surface area contributed by atoms with Crippen molar-refractivity contribution in [2.75, 3.05) is 0 Å². The van der Waals surface area contributed by atoms with E-state index in [-0.39, 0.29) is 12.4 Å². The highest BCUT2D eigenvalue weighted by Gasteiger charge is 2.00. The fourth-order valence-electron chi connectivity index (χ4n) is 2.08. The number of aromatic nitrogens is 1. The van der Waals surface area contributed by atoms with Gasteiger partial charge in [0.25, 0.3) is 0 Å². The van der Waals surface area contributed by atoms with Gasteiger partial charge in [-0.1, -0.05) is 17.3 Å². The molecule has 0 aliphatic carbocycles. The monoisotopic (exact) mass is 347 g/mol. The van der Waals surface area contributed by atoms with Crippen molar-refractivity contribution in [2.24, 2.45) is 5.16 Å². The molecule has 0 atom stereocenters. The summed E-state index contributed by atoms with van der Waals surface area (Å²) in [6.45, 7) is 0.182. The maximum atomic E-state index is 13.0. The summed E-state index contributed by atoms with van der Waals surface area (Å²) in [4.78, 5) is 9.33. The number of rotatable bonds is 6. The van der Waals surface area contributed by atoms with Gasteiger partial charge >= 0.3 is 0 Å². The zero-order chi connectivity index (χ0) is 18.2. The molecule has 0 bridgehead atoms. The van der Waals surface area contributed by atoms with Crippen LogP contribution >= 0.6 is 0 Å². The Hall–Kier alpha value is -3.72. The van der Waals surface area contributed by atoms with E-state index >= 15 is 0 Å². The molecule has 0 saturated heterocycles. The summed E-state index contributed by atoms with van der Waals surface area (Å²) < 4.78 is 18.6. The third-order valence-corrected chi connectivity index (χ3v) is 3.36. The van der Waals surface area contributed by atoms with Gasteiger partial charge in [0.1, 0.15) is 18.2 Å². The molecule has 26 heavy (non-hydrogen) atoms. The molecule has 0 N–H and O–H groups in total. The van der Waals surface area contributed by atoms with Gasteiger partial charge in [-0.2, -0.15) is 5.26 Å². The van der Waals surface area contributed by atoms with Crippen LogP contribution in [-0.4, -0.2) is 11.2 Å². The van der Waals surface area contributed by atoms with Crippen LogP contribution in [0.4, 0.5) is 4.39 Å². The second-order valence-electron chi connectivity index (χ2n) is 5.31. The summed E-state index contributed by atoms with van der Waals surface area (Å²) in [5.41, 5.74) is 2.00. The third-order valence-electron chi connectivity index (χ3n) is 3.36. The van der Waals surface area contributed by atoms with Gasteiger partial charge in [-0.3, -0.25) is 0 Å².